The van der Waals surface area contributed by atoms with Crippen LogP contribution in [-0.4, -0.2) is 7.11 Å². The minimum absolute atomic E-state index is 0.253. The van der Waals surface area contributed by atoms with Crippen molar-refractivity contribution in [3.8, 4) is 39.1 Å². The number of ether oxygens (including phenoxy) is 1. The van der Waals surface area contributed by atoms with E-state index < -0.39 is 0 Å². The van der Waals surface area contributed by atoms with Crippen LogP contribution in [0.25, 0.3) is 33.4 Å². The van der Waals surface area contributed by atoms with Crippen LogP contribution in [0.3, 0.4) is 0 Å². The number of rotatable bonds is 30. The van der Waals surface area contributed by atoms with Gasteiger partial charge in [-0.15, -0.1) is 0 Å². The van der Waals surface area contributed by atoms with Crippen LogP contribution >= 0.6 is 0 Å². The zero-order valence-corrected chi connectivity index (χ0v) is 80.7. The number of anilines is 6. The molecule has 0 spiro atoms. The summed E-state index contributed by atoms with van der Waals surface area (Å²) in [6.07, 6.45) is 26.4. The van der Waals surface area contributed by atoms with Gasteiger partial charge in [-0.05, 0) is 215 Å². The van der Waals surface area contributed by atoms with Crippen LogP contribution < -0.4 is 14.5 Å². The summed E-state index contributed by atoms with van der Waals surface area (Å²) in [5.74, 6) is 0.877. The molecule has 0 amide bonds. The molecule has 0 bridgehead atoms. The van der Waals surface area contributed by atoms with Crippen molar-refractivity contribution in [3.63, 3.8) is 0 Å². The fraction of sp³-hybridized carbons (Fsp3) is 0.355. The third-order valence-corrected chi connectivity index (χ3v) is 22.6. The van der Waals surface area contributed by atoms with Gasteiger partial charge < -0.3 is 14.5 Å². The van der Waals surface area contributed by atoms with E-state index in [0.29, 0.717) is 0 Å². The predicted molar refractivity (Wildman–Crippen MR) is 553 cm³/mol. The number of para-hydroxylation sites is 2. The van der Waals surface area contributed by atoms with E-state index in [1.54, 1.807) is 18.2 Å². The number of unbranched alkanes of at least 4 members (excludes halogenated alkanes) is 12. The first kappa shape index (κ1) is 104. The normalized spacial score (nSPS) is 11.2. The Hall–Kier alpha value is -10.7. The van der Waals surface area contributed by atoms with Gasteiger partial charge in [0.05, 0.1) is 12.5 Å². The molecule has 0 radical (unpaired) electrons. The summed E-state index contributed by atoms with van der Waals surface area (Å²) in [5, 5.41) is 0. The highest BCUT2D eigenvalue weighted by Crippen LogP contribution is 2.57. The first-order valence-corrected chi connectivity index (χ1v) is 48.4. The zero-order valence-electron chi connectivity index (χ0n) is 80.7. The summed E-state index contributed by atoms with van der Waals surface area (Å²) in [6, 6.07) is 121. The third kappa shape index (κ3) is 28.7. The average Bonchev–Trinajstić information content (AvgIpc) is 1.55. The first-order valence-electron chi connectivity index (χ1n) is 48.4. The number of hydrogen-bond donors (Lipinski definition) is 0. The summed E-state index contributed by atoms with van der Waals surface area (Å²) in [6.45, 7) is 41.3. The highest BCUT2D eigenvalue weighted by Gasteiger charge is 2.46. The standard InChI is InChI=1S/C44H44N2.C29H42.C27H22O.C7H8.7C2H6/c1-3-5-13-35-19-27-41(28-20-35)45(39-15-9-7-10-16-39)43-31-23-37(24-32-43)38-25-33-44(34-26-38)46(40-17-11-8-12-18-40)42-29-21-36(22-30-42)14-6-4-2;1-3-5-7-9-11-17-23-29(24-18-12-10-8-6-4-2)27-21-15-13-19-25(27)26-20-14-16-22-28(26)29;1-19-11-13-20(14-12-19)27(21-15-17-22(28-2)18-16-21)25-9-5-3-7-23(25)24-8-4-6-10-26(24)27;1-7-5-3-2-4-6-7;7*1-2/h7-12,15-34H,3-6,13-14H2,1-2H3;13-16,19-22H,3-12,17-18,23-24H2,1-2H3;3-18H,1-2H3;2-6H,1H3;7*1-2H3. The topological polar surface area (TPSA) is 15.7 Å². The minimum atomic E-state index is -0.326. The summed E-state index contributed by atoms with van der Waals surface area (Å²) in [5.41, 5.74) is 28.7. The lowest BCUT2D eigenvalue weighted by Gasteiger charge is -2.34. The quantitative estimate of drug-likeness (QED) is 0.0417. The summed E-state index contributed by atoms with van der Waals surface area (Å²) in [4.78, 5) is 4.67. The molecule has 3 heteroatoms. The lowest BCUT2D eigenvalue weighted by atomic mass is 9.67. The van der Waals surface area contributed by atoms with Crippen LogP contribution in [0.15, 0.2) is 334 Å². The van der Waals surface area contributed by atoms with Crippen molar-refractivity contribution < 1.29 is 4.74 Å². The Kier molecular flexibility index (Phi) is 50.2. The van der Waals surface area contributed by atoms with Crippen molar-refractivity contribution in [2.24, 2.45) is 0 Å². The Labute approximate surface area is 756 Å². The summed E-state index contributed by atoms with van der Waals surface area (Å²) in [7, 11) is 1.71. The molecule has 0 saturated carbocycles. The fourth-order valence-electron chi connectivity index (χ4n) is 16.7. The fourth-order valence-corrected chi connectivity index (χ4v) is 16.7. The molecule has 0 aliphatic heterocycles. The van der Waals surface area contributed by atoms with Gasteiger partial charge in [0.15, 0.2) is 0 Å². The molecular formula is C121H158N2O. The van der Waals surface area contributed by atoms with E-state index in [4.69, 9.17) is 4.74 Å². The van der Waals surface area contributed by atoms with Crippen molar-refractivity contribution in [1.29, 1.82) is 0 Å². The van der Waals surface area contributed by atoms with Gasteiger partial charge in [0.25, 0.3) is 0 Å². The Morgan fingerprint density at radius 2 is 0.492 bits per heavy atom. The molecule has 0 N–H and O–H groups in total. The first-order chi connectivity index (χ1) is 61.2. The second kappa shape index (κ2) is 59.9. The van der Waals surface area contributed by atoms with Crippen molar-refractivity contribution in [3.05, 3.63) is 389 Å². The molecule has 658 valence electrons. The molecular weight excluding hydrogens is 1500 g/mol. The lowest BCUT2D eigenvalue weighted by Crippen LogP contribution is -2.28. The molecule has 2 aliphatic rings. The molecule has 2 aliphatic carbocycles. The van der Waals surface area contributed by atoms with Crippen LogP contribution in [0, 0.1) is 13.8 Å². The van der Waals surface area contributed by atoms with E-state index in [9.17, 15) is 0 Å². The molecule has 15 rings (SSSR count). The van der Waals surface area contributed by atoms with Crippen LogP contribution in [0.2, 0.25) is 0 Å². The summed E-state index contributed by atoms with van der Waals surface area (Å²) >= 11 is 0. The van der Waals surface area contributed by atoms with E-state index in [0.717, 1.165) is 41.3 Å². The molecule has 0 atom stereocenters. The van der Waals surface area contributed by atoms with Gasteiger partial charge >= 0.3 is 0 Å². The van der Waals surface area contributed by atoms with Crippen molar-refractivity contribution in [2.45, 2.75) is 278 Å². The Balaban J connectivity index is 0.000000305. The van der Waals surface area contributed by atoms with E-state index in [2.05, 4.69) is 367 Å². The molecule has 0 unspecified atom stereocenters. The highest BCUT2D eigenvalue weighted by molar-refractivity contribution is 5.87. The second-order valence-electron chi connectivity index (χ2n) is 30.3. The van der Waals surface area contributed by atoms with Gasteiger partial charge in [0.2, 0.25) is 0 Å². The maximum Gasteiger partial charge on any atom is 0.118 e. The molecule has 124 heavy (non-hydrogen) atoms. The molecule has 3 nitrogen and oxygen atoms in total. The highest BCUT2D eigenvalue weighted by atomic mass is 16.5. The monoisotopic (exact) mass is 1660 g/mol. The largest absolute Gasteiger partial charge is 0.497 e. The number of fused-ring (bicyclic) bond motifs is 6. The van der Waals surface area contributed by atoms with Gasteiger partial charge in [-0.3, -0.25) is 0 Å². The van der Waals surface area contributed by atoms with E-state index in [1.165, 1.54) is 205 Å². The predicted octanol–water partition coefficient (Wildman–Crippen LogP) is 38.0. The molecule has 0 fully saturated rings. The molecule has 0 aromatic heterocycles. The van der Waals surface area contributed by atoms with Crippen molar-refractivity contribution >= 4 is 34.1 Å². The maximum atomic E-state index is 5.43. The Morgan fingerprint density at radius 1 is 0.234 bits per heavy atom. The number of benzene rings is 13. The number of methoxy groups -OCH3 is 1. The van der Waals surface area contributed by atoms with Crippen molar-refractivity contribution in [1.82, 2.24) is 0 Å². The SMILES string of the molecule is CC.CC.CC.CC.CC.CC.CC.CCCCCCCCC1(CCCCCCCC)c2ccccc2-c2ccccc21.CCCCc1ccc(N(c2ccccc2)c2ccc(-c3ccc(N(c4ccccc4)c4ccc(CCCC)cc4)cc3)cc2)cc1.COc1ccc(C2(c3ccc(C)cc3)c3ccccc3-c3ccccc32)cc1.Cc1ccccc1. The minimum Gasteiger partial charge on any atom is -0.497 e. The number of nitrogens with zero attached hydrogens (tertiary/aromatic N) is 2. The second-order valence-corrected chi connectivity index (χ2v) is 30.3. The van der Waals surface area contributed by atoms with Crippen LogP contribution in [-0.2, 0) is 23.7 Å². The van der Waals surface area contributed by atoms with Gasteiger partial charge in [0, 0.05) is 39.5 Å². The Morgan fingerprint density at radius 3 is 0.806 bits per heavy atom. The van der Waals surface area contributed by atoms with E-state index >= 15 is 0 Å². The van der Waals surface area contributed by atoms with Crippen LogP contribution in [0.1, 0.15) is 296 Å². The molecule has 0 saturated heterocycles. The van der Waals surface area contributed by atoms with Crippen LogP contribution in [0.4, 0.5) is 34.1 Å². The van der Waals surface area contributed by atoms with E-state index in [1.807, 2.05) is 115 Å². The van der Waals surface area contributed by atoms with Gasteiger partial charge in [-0.25, -0.2) is 0 Å². The lowest BCUT2D eigenvalue weighted by molar-refractivity contribution is 0.398. The van der Waals surface area contributed by atoms with Gasteiger partial charge in [-0.1, -0.05) is 474 Å². The third-order valence-electron chi connectivity index (χ3n) is 22.6. The average molecular weight is 1660 g/mol. The summed E-state index contributed by atoms with van der Waals surface area (Å²) < 4.78 is 5.43. The Bertz CT molecular complexity index is 4610. The number of hydrogen-bond acceptors (Lipinski definition) is 3. The van der Waals surface area contributed by atoms with Crippen molar-refractivity contribution in [2.75, 3.05) is 16.9 Å². The molecule has 0 heterocycles. The smallest absolute Gasteiger partial charge is 0.118 e. The van der Waals surface area contributed by atoms with E-state index in [-0.39, 0.29) is 10.8 Å². The van der Waals surface area contributed by atoms with Gasteiger partial charge in [0.1, 0.15) is 5.75 Å². The number of aryl methyl sites for hydroxylation is 4. The zero-order chi connectivity index (χ0) is 90.2. The molecule has 13 aromatic carbocycles. The van der Waals surface area contributed by atoms with Gasteiger partial charge in [-0.2, -0.15) is 0 Å². The van der Waals surface area contributed by atoms with Crippen LogP contribution in [0.5, 0.6) is 5.75 Å². The molecule has 13 aromatic rings. The maximum absolute atomic E-state index is 5.43.